The zero-order chi connectivity index (χ0) is 14.3. The SMILES string of the molecule is CNC(CC1CC2CCC1C2)c1ccc(F)c(F)c1F. The molecule has 1 nitrogen and oxygen atoms in total. The molecule has 110 valence electrons. The summed E-state index contributed by atoms with van der Waals surface area (Å²) in [4.78, 5) is 0. The second kappa shape index (κ2) is 5.40. The molecule has 2 aliphatic carbocycles. The van der Waals surface area contributed by atoms with Crippen molar-refractivity contribution in [3.63, 3.8) is 0 Å². The van der Waals surface area contributed by atoms with Gasteiger partial charge in [-0.1, -0.05) is 12.5 Å². The fraction of sp³-hybridized carbons (Fsp3) is 0.625. The molecule has 4 atom stereocenters. The van der Waals surface area contributed by atoms with E-state index >= 15 is 0 Å². The van der Waals surface area contributed by atoms with Crippen LogP contribution in [0.2, 0.25) is 0 Å². The van der Waals surface area contributed by atoms with Crippen molar-refractivity contribution in [3.05, 3.63) is 35.1 Å². The summed E-state index contributed by atoms with van der Waals surface area (Å²) < 4.78 is 40.3. The van der Waals surface area contributed by atoms with E-state index in [1.165, 1.54) is 31.7 Å². The van der Waals surface area contributed by atoms with Crippen LogP contribution in [0, 0.1) is 35.2 Å². The highest BCUT2D eigenvalue weighted by atomic mass is 19.2. The first kappa shape index (κ1) is 13.9. The van der Waals surface area contributed by atoms with Crippen molar-refractivity contribution < 1.29 is 13.2 Å². The molecule has 0 aliphatic heterocycles. The largest absolute Gasteiger partial charge is 0.313 e. The molecular formula is C16H20F3N. The zero-order valence-corrected chi connectivity index (χ0v) is 11.6. The third-order valence-electron chi connectivity index (χ3n) is 5.21. The van der Waals surface area contributed by atoms with Gasteiger partial charge in [-0.15, -0.1) is 0 Å². The Bertz CT molecular complexity index is 503. The molecule has 2 saturated carbocycles. The van der Waals surface area contributed by atoms with E-state index in [0.717, 1.165) is 24.3 Å². The van der Waals surface area contributed by atoms with Crippen LogP contribution in [0.15, 0.2) is 12.1 Å². The van der Waals surface area contributed by atoms with Crippen LogP contribution in [0.3, 0.4) is 0 Å². The Morgan fingerprint density at radius 1 is 1.15 bits per heavy atom. The highest BCUT2D eigenvalue weighted by Crippen LogP contribution is 2.51. The maximum atomic E-state index is 13.9. The standard InChI is InChI=1S/C16H20F3N/c1-20-14(8-11-7-9-2-3-10(11)6-9)12-4-5-13(17)16(19)15(12)18/h4-5,9-11,14,20H,2-3,6-8H2,1H3. The maximum absolute atomic E-state index is 13.9. The summed E-state index contributed by atoms with van der Waals surface area (Å²) >= 11 is 0. The second-order valence-corrected chi connectivity index (χ2v) is 6.28. The van der Waals surface area contributed by atoms with Crippen molar-refractivity contribution in [1.82, 2.24) is 5.32 Å². The normalized spacial score (nSPS) is 29.9. The lowest BCUT2D eigenvalue weighted by atomic mass is 9.82. The quantitative estimate of drug-likeness (QED) is 0.817. The lowest BCUT2D eigenvalue weighted by Crippen LogP contribution is -2.24. The number of halogens is 3. The molecule has 2 aliphatic rings. The van der Waals surface area contributed by atoms with E-state index in [1.54, 1.807) is 7.05 Å². The minimum atomic E-state index is -1.37. The molecule has 3 rings (SSSR count). The predicted octanol–water partition coefficient (Wildman–Crippen LogP) is 4.19. The van der Waals surface area contributed by atoms with Crippen LogP contribution in [0.5, 0.6) is 0 Å². The first-order valence-corrected chi connectivity index (χ1v) is 7.40. The van der Waals surface area contributed by atoms with Crippen LogP contribution in [-0.4, -0.2) is 7.05 Å². The van der Waals surface area contributed by atoms with Crippen LogP contribution < -0.4 is 5.32 Å². The van der Waals surface area contributed by atoms with Gasteiger partial charge in [0.05, 0.1) is 0 Å². The maximum Gasteiger partial charge on any atom is 0.194 e. The van der Waals surface area contributed by atoms with Crippen molar-refractivity contribution >= 4 is 0 Å². The molecule has 0 saturated heterocycles. The average molecular weight is 283 g/mol. The average Bonchev–Trinajstić information content (AvgIpc) is 3.05. The van der Waals surface area contributed by atoms with Crippen molar-refractivity contribution in [2.75, 3.05) is 7.05 Å². The fourth-order valence-electron chi connectivity index (χ4n) is 4.18. The molecule has 2 bridgehead atoms. The van der Waals surface area contributed by atoms with E-state index < -0.39 is 17.5 Å². The van der Waals surface area contributed by atoms with Gasteiger partial charge in [0.2, 0.25) is 0 Å². The minimum absolute atomic E-state index is 0.241. The highest BCUT2D eigenvalue weighted by molar-refractivity contribution is 5.24. The second-order valence-electron chi connectivity index (χ2n) is 6.28. The van der Waals surface area contributed by atoms with Crippen molar-refractivity contribution in [3.8, 4) is 0 Å². The van der Waals surface area contributed by atoms with Gasteiger partial charge in [-0.25, -0.2) is 13.2 Å². The Balaban J connectivity index is 1.78. The van der Waals surface area contributed by atoms with Gasteiger partial charge < -0.3 is 5.32 Å². The lowest BCUT2D eigenvalue weighted by molar-refractivity contribution is 0.280. The van der Waals surface area contributed by atoms with Crippen LogP contribution in [-0.2, 0) is 0 Å². The van der Waals surface area contributed by atoms with E-state index in [9.17, 15) is 13.2 Å². The summed E-state index contributed by atoms with van der Waals surface area (Å²) in [5.74, 6) is -1.38. The summed E-state index contributed by atoms with van der Waals surface area (Å²) in [7, 11) is 1.75. The van der Waals surface area contributed by atoms with Crippen molar-refractivity contribution in [2.24, 2.45) is 17.8 Å². The predicted molar refractivity (Wildman–Crippen MR) is 71.7 cm³/mol. The molecule has 1 aromatic carbocycles. The molecule has 20 heavy (non-hydrogen) atoms. The molecular weight excluding hydrogens is 263 g/mol. The van der Waals surface area contributed by atoms with Gasteiger partial charge in [-0.2, -0.15) is 0 Å². The summed E-state index contributed by atoms with van der Waals surface area (Å²) in [6.07, 6.45) is 5.89. The third-order valence-corrected chi connectivity index (χ3v) is 5.21. The van der Waals surface area contributed by atoms with E-state index in [2.05, 4.69) is 5.32 Å². The molecule has 1 N–H and O–H groups in total. The monoisotopic (exact) mass is 283 g/mol. The molecule has 1 aromatic rings. The minimum Gasteiger partial charge on any atom is -0.313 e. The van der Waals surface area contributed by atoms with Gasteiger partial charge in [0.25, 0.3) is 0 Å². The van der Waals surface area contributed by atoms with E-state index in [-0.39, 0.29) is 11.6 Å². The van der Waals surface area contributed by atoms with Crippen LogP contribution >= 0.6 is 0 Å². The molecule has 0 amide bonds. The molecule has 0 heterocycles. The van der Waals surface area contributed by atoms with Gasteiger partial charge in [-0.3, -0.25) is 0 Å². The highest BCUT2D eigenvalue weighted by Gasteiger charge is 2.40. The van der Waals surface area contributed by atoms with Crippen LogP contribution in [0.4, 0.5) is 13.2 Å². The number of fused-ring (bicyclic) bond motifs is 2. The number of rotatable bonds is 4. The zero-order valence-electron chi connectivity index (χ0n) is 11.6. The third kappa shape index (κ3) is 2.34. The Hall–Kier alpha value is -1.03. The first-order chi connectivity index (χ1) is 9.60. The molecule has 2 fully saturated rings. The number of hydrogen-bond donors (Lipinski definition) is 1. The van der Waals surface area contributed by atoms with Gasteiger partial charge >= 0.3 is 0 Å². The lowest BCUT2D eigenvalue weighted by Gasteiger charge is -2.27. The topological polar surface area (TPSA) is 12.0 Å². The Kier molecular flexibility index (Phi) is 3.76. The van der Waals surface area contributed by atoms with Gasteiger partial charge in [0.15, 0.2) is 17.5 Å². The summed E-state index contributed by atoms with van der Waals surface area (Å²) in [6, 6.07) is 2.13. The van der Waals surface area contributed by atoms with Crippen molar-refractivity contribution in [2.45, 2.75) is 38.1 Å². The van der Waals surface area contributed by atoms with Crippen molar-refractivity contribution in [1.29, 1.82) is 0 Å². The van der Waals surface area contributed by atoms with Gasteiger partial charge in [-0.05, 0) is 56.6 Å². The smallest absolute Gasteiger partial charge is 0.194 e. The van der Waals surface area contributed by atoms with E-state index in [4.69, 9.17) is 0 Å². The Morgan fingerprint density at radius 3 is 2.55 bits per heavy atom. The fourth-order valence-corrected chi connectivity index (χ4v) is 4.18. The molecule has 0 spiro atoms. The number of benzene rings is 1. The van der Waals surface area contributed by atoms with E-state index in [0.29, 0.717) is 5.92 Å². The number of hydrogen-bond acceptors (Lipinski definition) is 1. The van der Waals surface area contributed by atoms with Crippen LogP contribution in [0.25, 0.3) is 0 Å². The van der Waals surface area contributed by atoms with Gasteiger partial charge in [0, 0.05) is 11.6 Å². The van der Waals surface area contributed by atoms with Crippen LogP contribution in [0.1, 0.15) is 43.7 Å². The number of nitrogens with one attached hydrogen (secondary N) is 1. The summed E-state index contributed by atoms with van der Waals surface area (Å²) in [5.41, 5.74) is 0.245. The van der Waals surface area contributed by atoms with Gasteiger partial charge in [0.1, 0.15) is 0 Å². The molecule has 4 unspecified atom stereocenters. The Labute approximate surface area is 117 Å². The van der Waals surface area contributed by atoms with E-state index in [1.807, 2.05) is 0 Å². The first-order valence-electron chi connectivity index (χ1n) is 7.40. The molecule has 4 heteroatoms. The molecule has 0 radical (unpaired) electrons. The molecule has 0 aromatic heterocycles. The summed E-state index contributed by atoms with van der Waals surface area (Å²) in [5, 5.41) is 3.06. The summed E-state index contributed by atoms with van der Waals surface area (Å²) in [6.45, 7) is 0. The Morgan fingerprint density at radius 2 is 1.95 bits per heavy atom.